The highest BCUT2D eigenvalue weighted by atomic mass is 28.1. The maximum Gasteiger partial charge on any atom is 0.284 e. The van der Waals surface area contributed by atoms with Gasteiger partial charge in [-0.1, -0.05) is 24.0 Å². The van der Waals surface area contributed by atoms with Crippen LogP contribution < -0.4 is 15.5 Å². The van der Waals surface area contributed by atoms with E-state index in [4.69, 9.17) is 19.6 Å². The van der Waals surface area contributed by atoms with Crippen LogP contribution in [0.4, 0.5) is 24.7 Å². The zero-order valence-corrected chi connectivity index (χ0v) is 38.7. The van der Waals surface area contributed by atoms with Crippen LogP contribution in [0.25, 0.3) is 16.6 Å². The van der Waals surface area contributed by atoms with E-state index in [2.05, 4.69) is 42.5 Å². The van der Waals surface area contributed by atoms with Crippen LogP contribution in [-0.2, 0) is 19.1 Å². The van der Waals surface area contributed by atoms with Crippen molar-refractivity contribution in [3.63, 3.8) is 0 Å². The highest BCUT2D eigenvalue weighted by molar-refractivity contribution is 6.15. The van der Waals surface area contributed by atoms with Gasteiger partial charge in [0.25, 0.3) is 12.3 Å². The van der Waals surface area contributed by atoms with Crippen LogP contribution in [0.1, 0.15) is 116 Å². The number of hydrogen-bond acceptors (Lipinski definition) is 11. The Balaban J connectivity index is 0.681. The molecule has 1 aromatic carbocycles. The number of likely N-dealkylation sites (tertiary alicyclic amines) is 1. The largest absolute Gasteiger partial charge is 0.374 e. The Morgan fingerprint density at radius 3 is 2.64 bits per heavy atom. The molecular weight excluding hydrogens is 872 g/mol. The van der Waals surface area contributed by atoms with Crippen LogP contribution in [0.2, 0.25) is 0 Å². The number of aromatic nitrogens is 7. The van der Waals surface area contributed by atoms with Gasteiger partial charge in [-0.25, -0.2) is 22.7 Å². The number of piperidine rings is 2. The summed E-state index contributed by atoms with van der Waals surface area (Å²) in [6, 6.07) is 8.00. The monoisotopic (exact) mass is 923 g/mol. The number of nitrogens with one attached hydrogen (secondary N) is 2. The molecule has 8 heterocycles. The fourth-order valence-corrected chi connectivity index (χ4v) is 11.8. The van der Waals surface area contributed by atoms with E-state index >= 15 is 4.39 Å². The molecule has 0 spiro atoms. The summed E-state index contributed by atoms with van der Waals surface area (Å²) in [7, 11) is 0.293. The van der Waals surface area contributed by atoms with Crippen molar-refractivity contribution in [2.24, 2.45) is 5.92 Å². The third kappa shape index (κ3) is 8.28. The van der Waals surface area contributed by atoms with Gasteiger partial charge in [-0.3, -0.25) is 29.1 Å². The van der Waals surface area contributed by atoms with Gasteiger partial charge >= 0.3 is 0 Å². The lowest BCUT2D eigenvalue weighted by molar-refractivity contribution is -0.134. The van der Waals surface area contributed by atoms with Gasteiger partial charge in [-0.05, 0) is 75.8 Å². The van der Waals surface area contributed by atoms with E-state index in [9.17, 15) is 23.2 Å². The molecule has 5 aromatic rings. The molecule has 3 amide bonds. The second-order valence-electron chi connectivity index (χ2n) is 19.1. The number of amides is 3. The van der Waals surface area contributed by atoms with Crippen LogP contribution in [0.3, 0.4) is 0 Å². The van der Waals surface area contributed by atoms with Crippen molar-refractivity contribution in [3.8, 4) is 11.8 Å². The lowest BCUT2D eigenvalue weighted by Gasteiger charge is -2.42. The summed E-state index contributed by atoms with van der Waals surface area (Å²) in [6.07, 6.45) is 8.66. The van der Waals surface area contributed by atoms with Crippen molar-refractivity contribution in [2.75, 3.05) is 49.6 Å². The predicted octanol–water partition coefficient (Wildman–Crippen LogP) is 4.20. The zero-order chi connectivity index (χ0) is 45.3. The fraction of sp³-hybridized carbons (Fsp3) is 0.543. The molecule has 6 fully saturated rings. The lowest BCUT2D eigenvalue weighted by atomic mass is 9.85. The van der Waals surface area contributed by atoms with Gasteiger partial charge in [-0.2, -0.15) is 15.3 Å². The topological polar surface area (TPSA) is 166 Å². The summed E-state index contributed by atoms with van der Waals surface area (Å²) in [5.74, 6) is 5.75. The highest BCUT2D eigenvalue weighted by Crippen LogP contribution is 2.41. The summed E-state index contributed by atoms with van der Waals surface area (Å²) < 4.78 is 61.9. The Kier molecular flexibility index (Phi) is 11.2. The molecule has 2 aliphatic carbocycles. The Morgan fingerprint density at radius 1 is 1.06 bits per heavy atom. The van der Waals surface area contributed by atoms with Crippen LogP contribution in [-0.4, -0.2) is 130 Å². The summed E-state index contributed by atoms with van der Waals surface area (Å²) in [5, 5.41) is 18.0. The Morgan fingerprint density at radius 2 is 1.89 bits per heavy atom. The zero-order valence-electron chi connectivity index (χ0n) is 36.7. The molecule has 2 saturated carbocycles. The van der Waals surface area contributed by atoms with Crippen LogP contribution in [0.5, 0.6) is 0 Å². The number of para-hydroxylation sites is 1. The number of nitrogens with zero attached hydrogens (tertiary/aromatic N) is 9. The minimum atomic E-state index is -2.89. The maximum absolute atomic E-state index is 16.3. The first-order valence-electron chi connectivity index (χ1n) is 23.2. The summed E-state index contributed by atoms with van der Waals surface area (Å²) in [5.41, 5.74) is 2.31. The number of halogens is 3. The normalized spacial score (nSPS) is 28.1. The molecule has 4 saturated heterocycles. The van der Waals surface area contributed by atoms with E-state index in [-0.39, 0.29) is 66.9 Å². The lowest BCUT2D eigenvalue weighted by Crippen LogP contribution is -2.56. The van der Waals surface area contributed by atoms with Gasteiger partial charge in [0.2, 0.25) is 11.8 Å². The number of anilines is 2. The van der Waals surface area contributed by atoms with Gasteiger partial charge in [-0.15, -0.1) is 0 Å². The van der Waals surface area contributed by atoms with Crippen LogP contribution >= 0.6 is 0 Å². The first kappa shape index (κ1) is 43.0. The molecule has 16 nitrogen and oxygen atoms in total. The van der Waals surface area contributed by atoms with Crippen molar-refractivity contribution >= 4 is 56.0 Å². The molecule has 11 rings (SSSR count). The number of alkyl halides is 3. The summed E-state index contributed by atoms with van der Waals surface area (Å²) in [6.45, 7) is 3.18. The number of morpholine rings is 1. The van der Waals surface area contributed by atoms with E-state index in [1.807, 2.05) is 28.9 Å². The third-order valence-corrected chi connectivity index (χ3v) is 15.4. The molecule has 4 aromatic heterocycles. The van der Waals surface area contributed by atoms with E-state index in [1.54, 1.807) is 10.9 Å². The van der Waals surface area contributed by atoms with E-state index in [1.165, 1.54) is 16.9 Å². The number of rotatable bonds is 11. The molecule has 5 atom stereocenters. The molecule has 346 valence electrons. The van der Waals surface area contributed by atoms with Crippen molar-refractivity contribution in [1.29, 1.82) is 0 Å². The SMILES string of the molecule is O=C1CCC(c2nn(C3CC3)c3c(C#CCO[C@H]4CCN(CC5CCC(n6cc(NC(=O)c7cnn8ccc(N9C[C@H]%10C[C@@H]9CO%10)nc78)c(C(F)F)n6)CC5)C[C@]4(F)[SiH3])cccc23)C(=O)N1. The van der Waals surface area contributed by atoms with Gasteiger partial charge < -0.3 is 24.6 Å². The standard InChI is InChI=1S/C46H52F3N11O5Si/c47-42(48)40-35(51-45(63)34-20-50-58-17-15-37(52-43(34)58)57-22-31-19-30(57)24-65-31)23-59(54-40)28-8-6-26(7-9-28)21-56-16-14-36(46(49,66)25-56)64-18-2-4-27-3-1-5-32-39(33-12-13-38(61)53-44(33)62)55-60(41(27)32)29-10-11-29/h1,3,5,15,17,20,23,26,28-31,33,36,42H,6-14,16,18-19,21-22,24-25H2,66H3,(H,51,63)(H,53,61,62)/t26?,28?,30-,31-,33?,36+,46+/m1/s1. The second-order valence-corrected chi connectivity index (χ2v) is 20.8. The molecule has 4 aliphatic heterocycles. The highest BCUT2D eigenvalue weighted by Gasteiger charge is 2.42. The third-order valence-electron chi connectivity index (χ3n) is 14.4. The number of carbonyl (C=O) groups excluding carboxylic acids is 3. The minimum Gasteiger partial charge on any atom is -0.374 e. The second kappa shape index (κ2) is 17.2. The quantitative estimate of drug-likeness (QED) is 0.111. The van der Waals surface area contributed by atoms with Gasteiger partial charge in [0.05, 0.1) is 81.8 Å². The average Bonchev–Trinajstić information content (AvgIpc) is 3.73. The van der Waals surface area contributed by atoms with Crippen molar-refractivity contribution in [2.45, 2.75) is 112 Å². The fourth-order valence-electron chi connectivity index (χ4n) is 10.9. The number of carbonyl (C=O) groups is 3. The van der Waals surface area contributed by atoms with E-state index in [0.717, 1.165) is 80.3 Å². The average molecular weight is 924 g/mol. The molecule has 0 radical (unpaired) electrons. The molecule has 1 unspecified atom stereocenters. The number of hydrogen-bond donors (Lipinski definition) is 2. The molecular formula is C46H52F3N11O5Si. The minimum absolute atomic E-state index is 0.0388. The predicted molar refractivity (Wildman–Crippen MR) is 239 cm³/mol. The van der Waals surface area contributed by atoms with Gasteiger partial charge in [0.15, 0.2) is 11.3 Å². The molecule has 2 bridgehead atoms. The maximum atomic E-state index is 16.3. The number of ether oxygens (including phenoxy) is 2. The molecule has 6 aliphatic rings. The van der Waals surface area contributed by atoms with Crippen molar-refractivity contribution in [3.05, 3.63) is 65.4 Å². The summed E-state index contributed by atoms with van der Waals surface area (Å²) in [4.78, 5) is 47.3. The van der Waals surface area contributed by atoms with Crippen LogP contribution in [0, 0.1) is 17.8 Å². The first-order chi connectivity index (χ1) is 32.0. The van der Waals surface area contributed by atoms with Crippen LogP contribution in [0.15, 0.2) is 42.9 Å². The Hall–Kier alpha value is -5.62. The Bertz CT molecular complexity index is 2770. The van der Waals surface area contributed by atoms with Crippen molar-refractivity contribution < 1.29 is 37.0 Å². The Labute approximate surface area is 381 Å². The van der Waals surface area contributed by atoms with E-state index < -0.39 is 35.3 Å². The molecule has 66 heavy (non-hydrogen) atoms. The first-order valence-corrected chi connectivity index (χ1v) is 24.2. The summed E-state index contributed by atoms with van der Waals surface area (Å²) >= 11 is 0. The smallest absolute Gasteiger partial charge is 0.284 e. The van der Waals surface area contributed by atoms with E-state index in [0.29, 0.717) is 53.5 Å². The number of fused-ring (bicyclic) bond motifs is 4. The van der Waals surface area contributed by atoms with Gasteiger partial charge in [0.1, 0.15) is 23.3 Å². The number of benzene rings is 1. The van der Waals surface area contributed by atoms with Gasteiger partial charge in [0, 0.05) is 50.4 Å². The number of imide groups is 1. The van der Waals surface area contributed by atoms with Crippen molar-refractivity contribution in [1.82, 2.24) is 44.4 Å². The molecule has 20 heteroatoms. The molecule has 2 N–H and O–H groups in total.